The zero-order chi connectivity index (χ0) is 17.1. The number of rotatable bonds is 5. The molecule has 0 aliphatic rings. The predicted octanol–water partition coefficient (Wildman–Crippen LogP) is 1.97. The van der Waals surface area contributed by atoms with Gasteiger partial charge in [0.05, 0.1) is 11.0 Å². The van der Waals surface area contributed by atoms with Crippen LogP contribution in [0.15, 0.2) is 47.3 Å². The van der Waals surface area contributed by atoms with Crippen molar-refractivity contribution in [2.45, 2.75) is 13.0 Å². The van der Waals surface area contributed by atoms with Gasteiger partial charge in [-0.3, -0.25) is 9.36 Å². The van der Waals surface area contributed by atoms with E-state index in [1.54, 1.807) is 18.2 Å². The largest absolute Gasteiger partial charge is 0.354 e. The first-order valence-electron chi connectivity index (χ1n) is 7.43. The summed E-state index contributed by atoms with van der Waals surface area (Å²) in [6.07, 6.45) is 0.354. The van der Waals surface area contributed by atoms with Crippen molar-refractivity contribution in [1.29, 1.82) is 0 Å². The highest BCUT2D eigenvalue weighted by molar-refractivity contribution is 5.80. The van der Waals surface area contributed by atoms with Crippen LogP contribution in [0.2, 0.25) is 0 Å². The van der Waals surface area contributed by atoms with Gasteiger partial charge in [0.1, 0.15) is 18.2 Å². The summed E-state index contributed by atoms with van der Waals surface area (Å²) in [5.74, 6) is -1.16. The number of imidazole rings is 1. The Hall–Kier alpha value is -2.96. The number of nitrogens with one attached hydrogen (secondary N) is 2. The molecule has 0 aliphatic heterocycles. The summed E-state index contributed by atoms with van der Waals surface area (Å²) in [5, 5.41) is 2.65. The minimum absolute atomic E-state index is 0.193. The molecule has 0 fully saturated rings. The number of hydrogen-bond acceptors (Lipinski definition) is 2. The quantitative estimate of drug-likeness (QED) is 0.751. The molecule has 0 saturated carbocycles. The number of H-pyrrole nitrogens is 1. The second kappa shape index (κ2) is 6.66. The van der Waals surface area contributed by atoms with E-state index in [2.05, 4.69) is 10.3 Å². The van der Waals surface area contributed by atoms with Crippen LogP contribution in [0, 0.1) is 11.6 Å². The number of amides is 1. The summed E-state index contributed by atoms with van der Waals surface area (Å²) in [5.41, 5.74) is 0.808. The first-order valence-corrected chi connectivity index (χ1v) is 7.43. The van der Waals surface area contributed by atoms with Crippen molar-refractivity contribution in [3.8, 4) is 0 Å². The van der Waals surface area contributed by atoms with Gasteiger partial charge >= 0.3 is 5.69 Å². The van der Waals surface area contributed by atoms with Crippen LogP contribution in [0.4, 0.5) is 8.78 Å². The van der Waals surface area contributed by atoms with Crippen molar-refractivity contribution in [1.82, 2.24) is 14.9 Å². The van der Waals surface area contributed by atoms with E-state index in [-0.39, 0.29) is 24.8 Å². The van der Waals surface area contributed by atoms with Gasteiger partial charge in [-0.1, -0.05) is 18.2 Å². The Morgan fingerprint density at radius 3 is 2.75 bits per heavy atom. The molecular weight excluding hydrogens is 316 g/mol. The zero-order valence-electron chi connectivity index (χ0n) is 12.7. The molecule has 3 aromatic rings. The summed E-state index contributed by atoms with van der Waals surface area (Å²) >= 11 is 0. The van der Waals surface area contributed by atoms with Crippen LogP contribution in [-0.2, 0) is 17.8 Å². The Kier molecular flexibility index (Phi) is 4.41. The van der Waals surface area contributed by atoms with Crippen molar-refractivity contribution in [2.75, 3.05) is 6.54 Å². The highest BCUT2D eigenvalue weighted by atomic mass is 19.1. The van der Waals surface area contributed by atoms with Crippen molar-refractivity contribution in [2.24, 2.45) is 0 Å². The molecule has 2 aromatic carbocycles. The van der Waals surface area contributed by atoms with Crippen molar-refractivity contribution < 1.29 is 13.6 Å². The highest BCUT2D eigenvalue weighted by Crippen LogP contribution is 2.11. The molecule has 5 nitrogen and oxygen atoms in total. The van der Waals surface area contributed by atoms with Crippen LogP contribution in [-0.4, -0.2) is 22.0 Å². The standard InChI is InChI=1S/C17H15F2N3O2/c18-12-5-6-15-14(9-12)21-17(24)22(15)10-16(23)20-8-7-11-3-1-2-4-13(11)19/h1-6,9H,7-8,10H2,(H,20,23)(H,21,24). The lowest BCUT2D eigenvalue weighted by atomic mass is 10.1. The molecule has 7 heteroatoms. The van der Waals surface area contributed by atoms with E-state index in [0.717, 1.165) is 0 Å². The van der Waals surface area contributed by atoms with Crippen LogP contribution in [0.5, 0.6) is 0 Å². The number of aromatic nitrogens is 2. The number of nitrogens with zero attached hydrogens (tertiary/aromatic N) is 1. The summed E-state index contributed by atoms with van der Waals surface area (Å²) in [4.78, 5) is 26.4. The molecule has 0 bridgehead atoms. The predicted molar refractivity (Wildman–Crippen MR) is 85.6 cm³/mol. The van der Waals surface area contributed by atoms with Crippen LogP contribution in [0.3, 0.4) is 0 Å². The van der Waals surface area contributed by atoms with Crippen LogP contribution >= 0.6 is 0 Å². The van der Waals surface area contributed by atoms with Crippen molar-refractivity contribution >= 4 is 16.9 Å². The molecule has 2 N–H and O–H groups in total. The second-order valence-electron chi connectivity index (χ2n) is 5.37. The van der Waals surface area contributed by atoms with E-state index < -0.39 is 11.5 Å². The average molecular weight is 331 g/mol. The number of benzene rings is 2. The third-order valence-corrected chi connectivity index (χ3v) is 3.71. The molecule has 124 valence electrons. The van der Waals surface area contributed by atoms with E-state index in [9.17, 15) is 18.4 Å². The Balaban J connectivity index is 1.64. The van der Waals surface area contributed by atoms with Gasteiger partial charge in [-0.15, -0.1) is 0 Å². The number of carbonyl (C=O) groups is 1. The van der Waals surface area contributed by atoms with Crippen molar-refractivity contribution in [3.63, 3.8) is 0 Å². The van der Waals surface area contributed by atoms with Crippen LogP contribution < -0.4 is 11.0 Å². The molecule has 0 saturated heterocycles. The second-order valence-corrected chi connectivity index (χ2v) is 5.37. The molecule has 1 heterocycles. The zero-order valence-corrected chi connectivity index (χ0v) is 12.7. The molecular formula is C17H15F2N3O2. The smallest absolute Gasteiger partial charge is 0.326 e. The fourth-order valence-electron chi connectivity index (χ4n) is 2.53. The summed E-state index contributed by atoms with van der Waals surface area (Å²) in [6.45, 7) is 0.0627. The molecule has 1 amide bonds. The maximum Gasteiger partial charge on any atom is 0.326 e. The first-order chi connectivity index (χ1) is 11.5. The van der Waals surface area contributed by atoms with Gasteiger partial charge in [-0.05, 0) is 36.2 Å². The van der Waals surface area contributed by atoms with E-state index in [1.165, 1.54) is 28.8 Å². The monoisotopic (exact) mass is 331 g/mol. The number of hydrogen-bond donors (Lipinski definition) is 2. The number of halogens is 2. The topological polar surface area (TPSA) is 66.9 Å². The average Bonchev–Trinajstić information content (AvgIpc) is 2.84. The molecule has 3 rings (SSSR count). The van der Waals surface area contributed by atoms with Gasteiger partial charge in [0, 0.05) is 6.54 Å². The van der Waals surface area contributed by atoms with E-state index >= 15 is 0 Å². The normalized spacial score (nSPS) is 10.9. The van der Waals surface area contributed by atoms with Crippen LogP contribution in [0.1, 0.15) is 5.56 Å². The first kappa shape index (κ1) is 15.9. The van der Waals surface area contributed by atoms with Crippen LogP contribution in [0.25, 0.3) is 11.0 Å². The third-order valence-electron chi connectivity index (χ3n) is 3.71. The van der Waals surface area contributed by atoms with E-state index in [1.807, 2.05) is 0 Å². The molecule has 0 aliphatic carbocycles. The lowest BCUT2D eigenvalue weighted by Crippen LogP contribution is -2.32. The lowest BCUT2D eigenvalue weighted by molar-refractivity contribution is -0.121. The van der Waals surface area contributed by atoms with Gasteiger partial charge in [0.25, 0.3) is 0 Å². The van der Waals surface area contributed by atoms with E-state index in [4.69, 9.17) is 0 Å². The minimum Gasteiger partial charge on any atom is -0.354 e. The molecule has 1 aromatic heterocycles. The number of fused-ring (bicyclic) bond motifs is 1. The Morgan fingerprint density at radius 1 is 1.17 bits per heavy atom. The molecule has 0 spiro atoms. The maximum absolute atomic E-state index is 13.5. The fourth-order valence-corrected chi connectivity index (χ4v) is 2.53. The van der Waals surface area contributed by atoms with Gasteiger partial charge < -0.3 is 10.3 Å². The molecule has 0 radical (unpaired) electrons. The SMILES string of the molecule is O=C(Cn1c(=O)[nH]c2cc(F)ccc21)NCCc1ccccc1F. The molecule has 0 atom stereocenters. The lowest BCUT2D eigenvalue weighted by Gasteiger charge is -2.07. The molecule has 0 unspecified atom stereocenters. The summed E-state index contributed by atoms with van der Waals surface area (Å²) < 4.78 is 27.9. The Labute approximate surface area is 135 Å². The number of carbonyl (C=O) groups excluding carboxylic acids is 1. The van der Waals surface area contributed by atoms with Gasteiger partial charge in [0.2, 0.25) is 5.91 Å². The van der Waals surface area contributed by atoms with Crippen molar-refractivity contribution in [3.05, 3.63) is 70.1 Å². The van der Waals surface area contributed by atoms with Gasteiger partial charge in [0.15, 0.2) is 0 Å². The molecule has 24 heavy (non-hydrogen) atoms. The minimum atomic E-state index is -0.486. The Bertz CT molecular complexity index is 946. The number of aromatic amines is 1. The highest BCUT2D eigenvalue weighted by Gasteiger charge is 2.11. The Morgan fingerprint density at radius 2 is 1.96 bits per heavy atom. The summed E-state index contributed by atoms with van der Waals surface area (Å²) in [6, 6.07) is 10.2. The maximum atomic E-state index is 13.5. The van der Waals surface area contributed by atoms with Gasteiger partial charge in [-0.25, -0.2) is 13.6 Å². The summed E-state index contributed by atoms with van der Waals surface area (Å²) in [7, 11) is 0. The van der Waals surface area contributed by atoms with Gasteiger partial charge in [-0.2, -0.15) is 0 Å². The fraction of sp³-hybridized carbons (Fsp3) is 0.176. The third kappa shape index (κ3) is 3.34. The van der Waals surface area contributed by atoms with E-state index in [0.29, 0.717) is 23.0 Å².